The zero-order valence-electron chi connectivity index (χ0n) is 11.2. The molecule has 3 heteroatoms. The first-order valence-corrected chi connectivity index (χ1v) is 6.82. The average molecular weight is 242 g/mol. The van der Waals surface area contributed by atoms with Gasteiger partial charge < -0.3 is 4.74 Å². The third kappa shape index (κ3) is 10.0. The van der Waals surface area contributed by atoms with Crippen LogP contribution in [-0.4, -0.2) is 18.9 Å². The van der Waals surface area contributed by atoms with Gasteiger partial charge >= 0.3 is 5.97 Å². The quantitative estimate of drug-likeness (QED) is 0.316. The molecule has 0 fully saturated rings. The number of unbranched alkanes of at least 4 members (excludes halogenated alkanes) is 6. The predicted octanol–water partition coefficient (Wildman–Crippen LogP) is 3.51. The first-order valence-electron chi connectivity index (χ1n) is 6.82. The highest BCUT2D eigenvalue weighted by Crippen LogP contribution is 2.13. The average Bonchev–Trinajstić information content (AvgIpc) is 2.34. The van der Waals surface area contributed by atoms with Crippen molar-refractivity contribution in [1.29, 1.82) is 0 Å². The van der Waals surface area contributed by atoms with Gasteiger partial charge in [0.1, 0.15) is 6.61 Å². The minimum atomic E-state index is -0.247. The van der Waals surface area contributed by atoms with Crippen LogP contribution in [-0.2, 0) is 14.3 Å². The summed E-state index contributed by atoms with van der Waals surface area (Å²) in [7, 11) is 0. The van der Waals surface area contributed by atoms with Crippen LogP contribution in [0.3, 0.4) is 0 Å². The number of rotatable bonds is 11. The first kappa shape index (κ1) is 16.1. The Labute approximate surface area is 105 Å². The SMILES string of the molecule is CCCCCCCCCC(C)C(=O)OCC=O. The molecule has 0 spiro atoms. The third-order valence-electron chi connectivity index (χ3n) is 2.94. The van der Waals surface area contributed by atoms with Crippen molar-refractivity contribution in [2.45, 2.75) is 65.2 Å². The Balaban J connectivity index is 3.34. The predicted molar refractivity (Wildman–Crippen MR) is 68.8 cm³/mol. The van der Waals surface area contributed by atoms with Crippen molar-refractivity contribution in [1.82, 2.24) is 0 Å². The number of aldehydes is 1. The molecule has 0 aromatic heterocycles. The van der Waals surface area contributed by atoms with Crippen LogP contribution in [0.25, 0.3) is 0 Å². The Morgan fingerprint density at radius 2 is 1.71 bits per heavy atom. The van der Waals surface area contributed by atoms with Crippen LogP contribution < -0.4 is 0 Å². The van der Waals surface area contributed by atoms with Crippen molar-refractivity contribution in [2.24, 2.45) is 5.92 Å². The van der Waals surface area contributed by atoms with Gasteiger partial charge in [0, 0.05) is 0 Å². The Morgan fingerprint density at radius 1 is 1.12 bits per heavy atom. The molecule has 0 amide bonds. The molecule has 0 rings (SSSR count). The lowest BCUT2D eigenvalue weighted by Gasteiger charge is -2.09. The molecule has 0 radical (unpaired) electrons. The van der Waals surface area contributed by atoms with Crippen LogP contribution in [0.5, 0.6) is 0 Å². The van der Waals surface area contributed by atoms with Crippen LogP contribution in [0, 0.1) is 5.92 Å². The molecule has 0 aliphatic carbocycles. The molecular weight excluding hydrogens is 216 g/mol. The van der Waals surface area contributed by atoms with Gasteiger partial charge in [0.25, 0.3) is 0 Å². The second-order valence-corrected chi connectivity index (χ2v) is 4.61. The highest BCUT2D eigenvalue weighted by Gasteiger charge is 2.13. The van der Waals surface area contributed by atoms with Gasteiger partial charge in [-0.3, -0.25) is 9.59 Å². The van der Waals surface area contributed by atoms with Crippen molar-refractivity contribution < 1.29 is 14.3 Å². The Kier molecular flexibility index (Phi) is 11.0. The summed E-state index contributed by atoms with van der Waals surface area (Å²) in [5.41, 5.74) is 0. The summed E-state index contributed by atoms with van der Waals surface area (Å²) in [5, 5.41) is 0. The van der Waals surface area contributed by atoms with E-state index in [2.05, 4.69) is 6.92 Å². The molecule has 1 unspecified atom stereocenters. The van der Waals surface area contributed by atoms with Crippen molar-refractivity contribution in [3.8, 4) is 0 Å². The fraction of sp³-hybridized carbons (Fsp3) is 0.857. The van der Waals surface area contributed by atoms with Crippen LogP contribution >= 0.6 is 0 Å². The van der Waals surface area contributed by atoms with Crippen LogP contribution in [0.15, 0.2) is 0 Å². The highest BCUT2D eigenvalue weighted by atomic mass is 16.5. The van der Waals surface area contributed by atoms with Crippen molar-refractivity contribution in [2.75, 3.05) is 6.61 Å². The van der Waals surface area contributed by atoms with Crippen LogP contribution in [0.4, 0.5) is 0 Å². The van der Waals surface area contributed by atoms with Crippen LogP contribution in [0.2, 0.25) is 0 Å². The highest BCUT2D eigenvalue weighted by molar-refractivity contribution is 5.73. The minimum Gasteiger partial charge on any atom is -0.458 e. The number of hydrogen-bond acceptors (Lipinski definition) is 3. The summed E-state index contributed by atoms with van der Waals surface area (Å²) < 4.78 is 4.76. The fourth-order valence-electron chi connectivity index (χ4n) is 1.78. The molecule has 3 nitrogen and oxygen atoms in total. The minimum absolute atomic E-state index is 0.0782. The standard InChI is InChI=1S/C14H26O3/c1-3-4-5-6-7-8-9-10-13(2)14(16)17-12-11-15/h11,13H,3-10,12H2,1-2H3. The maximum atomic E-state index is 11.3. The zero-order chi connectivity index (χ0) is 12.9. The van der Waals surface area contributed by atoms with Crippen molar-refractivity contribution in [3.05, 3.63) is 0 Å². The van der Waals surface area contributed by atoms with Gasteiger partial charge in [-0.05, 0) is 6.42 Å². The van der Waals surface area contributed by atoms with Gasteiger partial charge in [0.05, 0.1) is 5.92 Å². The maximum absolute atomic E-state index is 11.3. The van der Waals surface area contributed by atoms with Crippen molar-refractivity contribution in [3.63, 3.8) is 0 Å². The Morgan fingerprint density at radius 3 is 2.29 bits per heavy atom. The lowest BCUT2D eigenvalue weighted by molar-refractivity contribution is -0.149. The molecule has 0 saturated carbocycles. The van der Waals surface area contributed by atoms with Gasteiger partial charge in [0.15, 0.2) is 6.29 Å². The van der Waals surface area contributed by atoms with E-state index in [4.69, 9.17) is 4.74 Å². The molecule has 0 aliphatic rings. The van der Waals surface area contributed by atoms with Gasteiger partial charge in [-0.1, -0.05) is 58.8 Å². The van der Waals surface area contributed by atoms with E-state index < -0.39 is 0 Å². The Hall–Kier alpha value is -0.860. The maximum Gasteiger partial charge on any atom is 0.309 e. The second-order valence-electron chi connectivity index (χ2n) is 4.61. The van der Waals surface area contributed by atoms with E-state index >= 15 is 0 Å². The molecule has 100 valence electrons. The summed E-state index contributed by atoms with van der Waals surface area (Å²) in [6.45, 7) is 3.97. The smallest absolute Gasteiger partial charge is 0.309 e. The largest absolute Gasteiger partial charge is 0.458 e. The summed E-state index contributed by atoms with van der Waals surface area (Å²) in [6, 6.07) is 0. The molecule has 0 N–H and O–H groups in total. The van der Waals surface area contributed by atoms with Crippen LogP contribution in [0.1, 0.15) is 65.2 Å². The summed E-state index contributed by atoms with van der Waals surface area (Å²) in [5.74, 6) is -0.325. The number of carbonyl (C=O) groups excluding carboxylic acids is 2. The monoisotopic (exact) mass is 242 g/mol. The fourth-order valence-corrected chi connectivity index (χ4v) is 1.78. The zero-order valence-corrected chi connectivity index (χ0v) is 11.2. The summed E-state index contributed by atoms with van der Waals surface area (Å²) in [4.78, 5) is 21.4. The van der Waals surface area contributed by atoms with Gasteiger partial charge in [-0.25, -0.2) is 0 Å². The Bertz CT molecular complexity index is 202. The molecule has 0 aliphatic heterocycles. The third-order valence-corrected chi connectivity index (χ3v) is 2.94. The second kappa shape index (κ2) is 11.6. The lowest BCUT2D eigenvalue weighted by atomic mass is 10.0. The molecule has 1 atom stereocenters. The topological polar surface area (TPSA) is 43.4 Å². The summed E-state index contributed by atoms with van der Waals surface area (Å²) in [6.07, 6.45) is 10.2. The van der Waals surface area contributed by atoms with E-state index in [0.717, 1.165) is 12.8 Å². The molecule has 0 bridgehead atoms. The van der Waals surface area contributed by atoms with E-state index in [1.807, 2.05) is 6.92 Å². The summed E-state index contributed by atoms with van der Waals surface area (Å²) >= 11 is 0. The van der Waals surface area contributed by atoms with Crippen molar-refractivity contribution >= 4 is 12.3 Å². The van der Waals surface area contributed by atoms with E-state index in [9.17, 15) is 9.59 Å². The molecule has 0 heterocycles. The molecule has 17 heavy (non-hydrogen) atoms. The molecule has 0 aromatic carbocycles. The van der Waals surface area contributed by atoms with E-state index in [1.54, 1.807) is 0 Å². The lowest BCUT2D eigenvalue weighted by Crippen LogP contribution is -2.15. The molecular formula is C14H26O3. The van der Waals surface area contributed by atoms with E-state index in [-0.39, 0.29) is 18.5 Å². The van der Waals surface area contributed by atoms with E-state index in [1.165, 1.54) is 38.5 Å². The van der Waals surface area contributed by atoms with Gasteiger partial charge in [0.2, 0.25) is 0 Å². The number of ether oxygens (including phenoxy) is 1. The molecule has 0 aromatic rings. The van der Waals surface area contributed by atoms with Gasteiger partial charge in [-0.15, -0.1) is 0 Å². The normalized spacial score (nSPS) is 12.1. The molecule has 0 saturated heterocycles. The first-order chi connectivity index (χ1) is 8.22. The number of hydrogen-bond donors (Lipinski definition) is 0. The number of esters is 1. The number of carbonyl (C=O) groups is 2. The van der Waals surface area contributed by atoms with E-state index in [0.29, 0.717) is 6.29 Å². The van der Waals surface area contributed by atoms with Gasteiger partial charge in [-0.2, -0.15) is 0 Å².